The second kappa shape index (κ2) is 9.19. The van der Waals surface area contributed by atoms with Crippen molar-refractivity contribution in [2.75, 3.05) is 29.9 Å². The van der Waals surface area contributed by atoms with Crippen LogP contribution in [0.3, 0.4) is 0 Å². The first-order valence-electron chi connectivity index (χ1n) is 10.8. The lowest BCUT2D eigenvalue weighted by Gasteiger charge is -2.35. The Morgan fingerprint density at radius 3 is 2.80 bits per heavy atom. The first-order valence-corrected chi connectivity index (χ1v) is 10.8. The second-order valence-electron chi connectivity index (χ2n) is 7.89. The number of ether oxygens (including phenoxy) is 1. The van der Waals surface area contributed by atoms with E-state index >= 15 is 0 Å². The summed E-state index contributed by atoms with van der Waals surface area (Å²) in [7, 11) is 0. The van der Waals surface area contributed by atoms with Crippen molar-refractivity contribution in [3.05, 3.63) is 36.5 Å². The topological polar surface area (TPSA) is 88.5 Å². The van der Waals surface area contributed by atoms with Crippen LogP contribution < -0.4 is 20.3 Å². The number of amides is 2. The summed E-state index contributed by atoms with van der Waals surface area (Å²) in [6.45, 7) is 3.06. The number of para-hydroxylation sites is 2. The summed E-state index contributed by atoms with van der Waals surface area (Å²) in [5, 5.41) is 10.3. The molecule has 0 radical (unpaired) electrons. The normalized spacial score (nSPS) is 18.6. The van der Waals surface area contributed by atoms with Gasteiger partial charge in [-0.2, -0.15) is 5.10 Å². The monoisotopic (exact) mass is 411 g/mol. The van der Waals surface area contributed by atoms with E-state index in [4.69, 9.17) is 4.74 Å². The molecule has 30 heavy (non-hydrogen) atoms. The summed E-state index contributed by atoms with van der Waals surface area (Å²) < 4.78 is 7.83. The van der Waals surface area contributed by atoms with E-state index in [1.165, 1.54) is 12.8 Å². The number of hydrogen-bond acceptors (Lipinski definition) is 5. The van der Waals surface area contributed by atoms with E-state index in [1.54, 1.807) is 6.20 Å². The molecule has 1 atom stereocenters. The highest BCUT2D eigenvalue weighted by Gasteiger charge is 2.31. The Morgan fingerprint density at radius 1 is 1.20 bits per heavy atom. The van der Waals surface area contributed by atoms with E-state index in [0.29, 0.717) is 24.9 Å². The van der Waals surface area contributed by atoms with Crippen LogP contribution in [0.2, 0.25) is 0 Å². The van der Waals surface area contributed by atoms with Gasteiger partial charge in [0.25, 0.3) is 5.91 Å². The Morgan fingerprint density at radius 2 is 2.00 bits per heavy atom. The van der Waals surface area contributed by atoms with Crippen LogP contribution in [0, 0.1) is 0 Å². The first-order chi connectivity index (χ1) is 14.7. The van der Waals surface area contributed by atoms with E-state index < -0.39 is 6.10 Å². The number of benzene rings is 1. The largest absolute Gasteiger partial charge is 0.477 e. The molecule has 160 valence electrons. The van der Waals surface area contributed by atoms with Gasteiger partial charge in [-0.1, -0.05) is 31.9 Å². The average molecular weight is 412 g/mol. The van der Waals surface area contributed by atoms with Gasteiger partial charge in [0, 0.05) is 12.6 Å². The van der Waals surface area contributed by atoms with Gasteiger partial charge in [0.2, 0.25) is 5.91 Å². The zero-order valence-corrected chi connectivity index (χ0v) is 17.3. The molecule has 2 aliphatic rings. The highest BCUT2D eigenvalue weighted by Crippen LogP contribution is 2.33. The number of hydrogen-bond donors (Lipinski definition) is 2. The molecule has 0 spiro atoms. The summed E-state index contributed by atoms with van der Waals surface area (Å²) in [5.74, 6) is 1.05. The first kappa shape index (κ1) is 20.3. The lowest BCUT2D eigenvalue weighted by atomic mass is 10.1. The third-order valence-corrected chi connectivity index (χ3v) is 5.65. The molecule has 8 heteroatoms. The van der Waals surface area contributed by atoms with Gasteiger partial charge in [-0.25, -0.2) is 4.68 Å². The molecule has 2 aromatic rings. The minimum Gasteiger partial charge on any atom is -0.477 e. The number of carbonyl (C=O) groups excluding carboxylic acids is 2. The summed E-state index contributed by atoms with van der Waals surface area (Å²) in [6, 6.07) is 9.69. The van der Waals surface area contributed by atoms with Gasteiger partial charge in [0.15, 0.2) is 6.10 Å². The highest BCUT2D eigenvalue weighted by molar-refractivity contribution is 5.94. The lowest BCUT2D eigenvalue weighted by molar-refractivity contribution is -0.128. The Labute approximate surface area is 176 Å². The van der Waals surface area contributed by atoms with Crippen molar-refractivity contribution in [3.63, 3.8) is 0 Å². The number of carbonyl (C=O) groups is 2. The van der Waals surface area contributed by atoms with Crippen molar-refractivity contribution >= 4 is 23.3 Å². The van der Waals surface area contributed by atoms with Gasteiger partial charge in [0.05, 0.1) is 31.0 Å². The molecule has 0 bridgehead atoms. The summed E-state index contributed by atoms with van der Waals surface area (Å²) >= 11 is 0. The number of fused-ring (bicyclic) bond motifs is 1. The van der Waals surface area contributed by atoms with Crippen molar-refractivity contribution in [2.24, 2.45) is 0 Å². The highest BCUT2D eigenvalue weighted by atomic mass is 16.5. The van der Waals surface area contributed by atoms with Crippen molar-refractivity contribution in [1.82, 2.24) is 15.1 Å². The Kier molecular flexibility index (Phi) is 6.21. The maximum Gasteiger partial charge on any atom is 0.262 e. The molecule has 1 fully saturated rings. The Hall–Kier alpha value is -3.03. The lowest BCUT2D eigenvalue weighted by Crippen LogP contribution is -2.50. The van der Waals surface area contributed by atoms with Crippen molar-refractivity contribution in [1.29, 1.82) is 0 Å². The molecule has 4 rings (SSSR count). The minimum atomic E-state index is -0.650. The van der Waals surface area contributed by atoms with Crippen LogP contribution in [-0.4, -0.2) is 47.3 Å². The summed E-state index contributed by atoms with van der Waals surface area (Å²) in [5.41, 5.74) is 0.816. The zero-order chi connectivity index (χ0) is 20.9. The fourth-order valence-electron chi connectivity index (χ4n) is 4.16. The smallest absolute Gasteiger partial charge is 0.262 e. The molecule has 0 unspecified atom stereocenters. The van der Waals surface area contributed by atoms with Gasteiger partial charge in [-0.15, -0.1) is 0 Å². The van der Waals surface area contributed by atoms with Crippen LogP contribution in [0.1, 0.15) is 45.1 Å². The summed E-state index contributed by atoms with van der Waals surface area (Å²) in [6.07, 6.45) is 6.52. The maximum absolute atomic E-state index is 12.9. The van der Waals surface area contributed by atoms with Crippen LogP contribution in [0.25, 0.3) is 0 Å². The number of rotatable bonds is 7. The van der Waals surface area contributed by atoms with Gasteiger partial charge in [-0.05, 0) is 31.4 Å². The molecule has 1 aromatic carbocycles. The third kappa shape index (κ3) is 4.42. The van der Waals surface area contributed by atoms with Gasteiger partial charge >= 0.3 is 0 Å². The van der Waals surface area contributed by atoms with Gasteiger partial charge < -0.3 is 20.3 Å². The van der Waals surface area contributed by atoms with Crippen LogP contribution in [0.15, 0.2) is 36.5 Å². The SMILES string of the molecule is CCCNC(=O)[C@@H]1CN(CC(=O)Nc2ccnn2C2CCCC2)c2ccccc2O1. The number of nitrogens with one attached hydrogen (secondary N) is 2. The van der Waals surface area contributed by atoms with Crippen LogP contribution in [0.5, 0.6) is 5.75 Å². The fraction of sp³-hybridized carbons (Fsp3) is 0.500. The third-order valence-electron chi connectivity index (χ3n) is 5.65. The second-order valence-corrected chi connectivity index (χ2v) is 7.89. The quantitative estimate of drug-likeness (QED) is 0.731. The van der Waals surface area contributed by atoms with E-state index in [0.717, 1.165) is 30.8 Å². The Balaban J connectivity index is 1.45. The van der Waals surface area contributed by atoms with E-state index in [1.807, 2.05) is 46.8 Å². The zero-order valence-electron chi connectivity index (χ0n) is 17.3. The number of nitrogens with zero attached hydrogens (tertiary/aromatic N) is 3. The van der Waals surface area contributed by atoms with Crippen LogP contribution >= 0.6 is 0 Å². The van der Waals surface area contributed by atoms with E-state index in [-0.39, 0.29) is 18.4 Å². The van der Waals surface area contributed by atoms with E-state index in [9.17, 15) is 9.59 Å². The van der Waals surface area contributed by atoms with Crippen LogP contribution in [0.4, 0.5) is 11.5 Å². The van der Waals surface area contributed by atoms with Crippen molar-refractivity contribution in [3.8, 4) is 5.75 Å². The maximum atomic E-state index is 12.9. The molecular weight excluding hydrogens is 382 g/mol. The molecule has 1 aliphatic carbocycles. The predicted octanol–water partition coefficient (Wildman–Crippen LogP) is 2.73. The molecule has 1 saturated carbocycles. The Bertz CT molecular complexity index is 890. The standard InChI is InChI=1S/C22H29N5O3/c1-2-12-23-22(29)19-14-26(17-9-5-6-10-18(17)30-19)15-21(28)25-20-11-13-24-27(20)16-7-3-4-8-16/h5-6,9-11,13,16,19H,2-4,7-8,12,14-15H2,1H3,(H,23,29)(H,25,28)/t19-/m0/s1. The molecule has 1 aliphatic heterocycles. The molecule has 2 N–H and O–H groups in total. The number of anilines is 2. The van der Waals surface area contributed by atoms with Gasteiger partial charge in [-0.3, -0.25) is 9.59 Å². The minimum absolute atomic E-state index is 0.133. The van der Waals surface area contributed by atoms with Gasteiger partial charge in [0.1, 0.15) is 11.6 Å². The molecule has 1 aromatic heterocycles. The van der Waals surface area contributed by atoms with Crippen molar-refractivity contribution in [2.45, 2.75) is 51.2 Å². The molecule has 0 saturated heterocycles. The predicted molar refractivity (Wildman–Crippen MR) is 115 cm³/mol. The van der Waals surface area contributed by atoms with E-state index in [2.05, 4.69) is 15.7 Å². The molecule has 2 heterocycles. The molecule has 2 amide bonds. The average Bonchev–Trinajstić information content (AvgIpc) is 3.43. The van der Waals surface area contributed by atoms with Crippen LogP contribution in [-0.2, 0) is 9.59 Å². The molecule has 8 nitrogen and oxygen atoms in total. The molecular formula is C22H29N5O3. The summed E-state index contributed by atoms with van der Waals surface area (Å²) in [4.78, 5) is 27.2. The number of aromatic nitrogens is 2. The van der Waals surface area contributed by atoms with Crippen molar-refractivity contribution < 1.29 is 14.3 Å². The fourth-order valence-corrected chi connectivity index (χ4v) is 4.16.